The van der Waals surface area contributed by atoms with E-state index < -0.39 is 6.04 Å². The maximum absolute atomic E-state index is 11.8. The number of hydrogen-bond donors (Lipinski definition) is 2. The number of nitrogens with one attached hydrogen (secondary N) is 1. The summed E-state index contributed by atoms with van der Waals surface area (Å²) in [4.78, 5) is 11.8. The largest absolute Gasteiger partial charge is 0.383 e. The maximum Gasteiger partial charge on any atom is 0.239 e. The zero-order valence-corrected chi connectivity index (χ0v) is 10.6. The van der Waals surface area contributed by atoms with Crippen molar-refractivity contribution in [2.24, 2.45) is 11.1 Å². The minimum Gasteiger partial charge on any atom is -0.383 e. The van der Waals surface area contributed by atoms with Crippen LogP contribution in [0, 0.1) is 5.41 Å². The SMILES string of the molecule is COCC(N)C(=O)NC1CCCCC1(C)C. The van der Waals surface area contributed by atoms with Gasteiger partial charge >= 0.3 is 0 Å². The lowest BCUT2D eigenvalue weighted by Crippen LogP contribution is -2.52. The second kappa shape index (κ2) is 5.64. The Kier molecular flexibility index (Phi) is 4.74. The Morgan fingerprint density at radius 3 is 2.81 bits per heavy atom. The first-order chi connectivity index (χ1) is 7.47. The molecule has 0 aromatic heterocycles. The fourth-order valence-electron chi connectivity index (χ4n) is 2.30. The van der Waals surface area contributed by atoms with Crippen molar-refractivity contribution in [3.63, 3.8) is 0 Å². The Morgan fingerprint density at radius 2 is 2.25 bits per heavy atom. The lowest BCUT2D eigenvalue weighted by Gasteiger charge is -2.39. The van der Waals surface area contributed by atoms with Crippen molar-refractivity contribution >= 4 is 5.91 Å². The van der Waals surface area contributed by atoms with Crippen LogP contribution in [0.4, 0.5) is 0 Å². The minimum atomic E-state index is -0.553. The minimum absolute atomic E-state index is 0.0955. The zero-order chi connectivity index (χ0) is 12.2. The average molecular weight is 228 g/mol. The molecule has 0 aliphatic heterocycles. The van der Waals surface area contributed by atoms with E-state index in [1.165, 1.54) is 12.8 Å². The zero-order valence-electron chi connectivity index (χ0n) is 10.6. The summed E-state index contributed by atoms with van der Waals surface area (Å²) in [5.74, 6) is -0.0955. The van der Waals surface area contributed by atoms with Gasteiger partial charge in [0.25, 0.3) is 0 Å². The first-order valence-corrected chi connectivity index (χ1v) is 6.02. The van der Waals surface area contributed by atoms with Crippen LogP contribution in [0.2, 0.25) is 0 Å². The van der Waals surface area contributed by atoms with Gasteiger partial charge in [-0.2, -0.15) is 0 Å². The summed E-state index contributed by atoms with van der Waals surface area (Å²) < 4.78 is 4.88. The predicted molar refractivity (Wildman–Crippen MR) is 64.0 cm³/mol. The molecular weight excluding hydrogens is 204 g/mol. The summed E-state index contributed by atoms with van der Waals surface area (Å²) >= 11 is 0. The van der Waals surface area contributed by atoms with Crippen molar-refractivity contribution in [2.45, 2.75) is 51.6 Å². The molecule has 0 aromatic carbocycles. The Hall–Kier alpha value is -0.610. The molecule has 1 rings (SSSR count). The van der Waals surface area contributed by atoms with Crippen LogP contribution >= 0.6 is 0 Å². The van der Waals surface area contributed by atoms with Gasteiger partial charge in [-0.1, -0.05) is 26.7 Å². The molecule has 94 valence electrons. The molecule has 1 amide bonds. The van der Waals surface area contributed by atoms with Crippen LogP contribution in [0.5, 0.6) is 0 Å². The van der Waals surface area contributed by atoms with Gasteiger partial charge in [0.2, 0.25) is 5.91 Å². The molecular formula is C12H24N2O2. The summed E-state index contributed by atoms with van der Waals surface area (Å²) in [6.07, 6.45) is 4.66. The smallest absolute Gasteiger partial charge is 0.239 e. The van der Waals surface area contributed by atoms with E-state index in [0.29, 0.717) is 0 Å². The highest BCUT2D eigenvalue weighted by Crippen LogP contribution is 2.35. The van der Waals surface area contributed by atoms with Crippen LogP contribution < -0.4 is 11.1 Å². The number of methoxy groups -OCH3 is 1. The fourth-order valence-corrected chi connectivity index (χ4v) is 2.30. The first kappa shape index (κ1) is 13.5. The van der Waals surface area contributed by atoms with Crippen molar-refractivity contribution in [2.75, 3.05) is 13.7 Å². The number of carbonyl (C=O) groups is 1. The van der Waals surface area contributed by atoms with Crippen LogP contribution in [0.1, 0.15) is 39.5 Å². The first-order valence-electron chi connectivity index (χ1n) is 6.02. The molecule has 1 saturated carbocycles. The van der Waals surface area contributed by atoms with Gasteiger partial charge in [-0.3, -0.25) is 4.79 Å². The monoisotopic (exact) mass is 228 g/mol. The standard InChI is InChI=1S/C12H24N2O2/c1-12(2)7-5-4-6-10(12)14-11(15)9(13)8-16-3/h9-10H,4-8,13H2,1-3H3,(H,14,15). The van der Waals surface area contributed by atoms with E-state index in [-0.39, 0.29) is 24.0 Å². The summed E-state index contributed by atoms with van der Waals surface area (Å²) in [6, 6.07) is -0.306. The third-order valence-electron chi connectivity index (χ3n) is 3.51. The highest BCUT2D eigenvalue weighted by molar-refractivity contribution is 5.82. The van der Waals surface area contributed by atoms with Gasteiger partial charge in [-0.25, -0.2) is 0 Å². The van der Waals surface area contributed by atoms with E-state index in [4.69, 9.17) is 10.5 Å². The van der Waals surface area contributed by atoms with E-state index in [2.05, 4.69) is 19.2 Å². The number of hydrogen-bond acceptors (Lipinski definition) is 3. The number of ether oxygens (including phenoxy) is 1. The number of carbonyl (C=O) groups excluding carboxylic acids is 1. The molecule has 16 heavy (non-hydrogen) atoms. The third kappa shape index (κ3) is 3.46. The van der Waals surface area contributed by atoms with Crippen molar-refractivity contribution in [1.82, 2.24) is 5.32 Å². The van der Waals surface area contributed by atoms with Gasteiger partial charge in [0.15, 0.2) is 0 Å². The normalized spacial score (nSPS) is 26.1. The molecule has 4 heteroatoms. The number of amides is 1. The molecule has 4 nitrogen and oxygen atoms in total. The van der Waals surface area contributed by atoms with Gasteiger partial charge in [0.05, 0.1) is 6.61 Å². The summed E-state index contributed by atoms with van der Waals surface area (Å²) in [6.45, 7) is 4.69. The van der Waals surface area contributed by atoms with E-state index in [1.54, 1.807) is 7.11 Å². The van der Waals surface area contributed by atoms with E-state index in [1.807, 2.05) is 0 Å². The molecule has 1 fully saturated rings. The highest BCUT2D eigenvalue weighted by atomic mass is 16.5. The summed E-state index contributed by atoms with van der Waals surface area (Å²) in [5.41, 5.74) is 5.88. The Balaban J connectivity index is 2.49. The lowest BCUT2D eigenvalue weighted by molar-refractivity contribution is -0.125. The van der Waals surface area contributed by atoms with Crippen LogP contribution in [-0.4, -0.2) is 31.7 Å². The fraction of sp³-hybridized carbons (Fsp3) is 0.917. The lowest BCUT2D eigenvalue weighted by atomic mass is 9.73. The summed E-state index contributed by atoms with van der Waals surface area (Å²) in [7, 11) is 1.55. The molecule has 0 bridgehead atoms. The predicted octanol–water partition coefficient (Wildman–Crippen LogP) is 1.05. The highest BCUT2D eigenvalue weighted by Gasteiger charge is 2.33. The van der Waals surface area contributed by atoms with Crippen molar-refractivity contribution in [3.8, 4) is 0 Å². The summed E-state index contributed by atoms with van der Waals surface area (Å²) in [5, 5.41) is 3.05. The van der Waals surface area contributed by atoms with Gasteiger partial charge in [0, 0.05) is 13.2 Å². The molecule has 1 aliphatic rings. The van der Waals surface area contributed by atoms with Crippen molar-refractivity contribution in [1.29, 1.82) is 0 Å². The van der Waals surface area contributed by atoms with Gasteiger partial charge in [-0.15, -0.1) is 0 Å². The molecule has 2 unspecified atom stereocenters. The van der Waals surface area contributed by atoms with Crippen molar-refractivity contribution < 1.29 is 9.53 Å². The average Bonchev–Trinajstić information content (AvgIpc) is 2.21. The molecule has 0 radical (unpaired) electrons. The van der Waals surface area contributed by atoms with Crippen LogP contribution in [0.25, 0.3) is 0 Å². The molecule has 0 saturated heterocycles. The molecule has 0 aromatic rings. The molecule has 3 N–H and O–H groups in total. The Bertz CT molecular complexity index is 241. The molecule has 1 aliphatic carbocycles. The van der Waals surface area contributed by atoms with E-state index in [0.717, 1.165) is 12.8 Å². The number of nitrogens with two attached hydrogens (primary N) is 1. The number of rotatable bonds is 4. The topological polar surface area (TPSA) is 64.3 Å². The molecule has 2 atom stereocenters. The van der Waals surface area contributed by atoms with E-state index in [9.17, 15) is 4.79 Å². The van der Waals surface area contributed by atoms with Gasteiger partial charge in [0.1, 0.15) is 6.04 Å². The van der Waals surface area contributed by atoms with Crippen molar-refractivity contribution in [3.05, 3.63) is 0 Å². The van der Waals surface area contributed by atoms with Crippen LogP contribution in [-0.2, 0) is 9.53 Å². The van der Waals surface area contributed by atoms with E-state index >= 15 is 0 Å². The second-order valence-corrected chi connectivity index (χ2v) is 5.36. The quantitative estimate of drug-likeness (QED) is 0.756. The second-order valence-electron chi connectivity index (χ2n) is 5.36. The molecule has 0 heterocycles. The third-order valence-corrected chi connectivity index (χ3v) is 3.51. The van der Waals surface area contributed by atoms with Crippen LogP contribution in [0.3, 0.4) is 0 Å². The van der Waals surface area contributed by atoms with Gasteiger partial charge < -0.3 is 15.8 Å². The Labute approximate surface area is 97.9 Å². The van der Waals surface area contributed by atoms with Gasteiger partial charge in [-0.05, 0) is 18.3 Å². The maximum atomic E-state index is 11.8. The van der Waals surface area contributed by atoms with Crippen LogP contribution in [0.15, 0.2) is 0 Å². The molecule has 0 spiro atoms. The Morgan fingerprint density at radius 1 is 1.56 bits per heavy atom.